The lowest BCUT2D eigenvalue weighted by atomic mass is 10.2. The summed E-state index contributed by atoms with van der Waals surface area (Å²) < 4.78 is 4.93. The van der Waals surface area contributed by atoms with Gasteiger partial charge in [-0.3, -0.25) is 9.59 Å². The Hall–Kier alpha value is -1.94. The molecule has 0 bridgehead atoms. The molecule has 4 heteroatoms. The molecule has 0 N–H and O–H groups in total. The van der Waals surface area contributed by atoms with Crippen LogP contribution in [0.25, 0.3) is 6.08 Å². The molecule has 1 aromatic rings. The molecule has 1 rings (SSSR count). The third-order valence-corrected chi connectivity index (χ3v) is 2.45. The number of benzene rings is 1. The van der Waals surface area contributed by atoms with Crippen LogP contribution in [0.5, 0.6) is 0 Å². The first kappa shape index (κ1) is 14.1. The number of rotatable bonds is 6. The van der Waals surface area contributed by atoms with Crippen molar-refractivity contribution in [3.63, 3.8) is 0 Å². The molecule has 18 heavy (non-hydrogen) atoms. The molecule has 96 valence electrons. The van der Waals surface area contributed by atoms with Gasteiger partial charge >= 0.3 is 0 Å². The molecule has 4 nitrogen and oxygen atoms in total. The Morgan fingerprint density at radius 2 is 2.00 bits per heavy atom. The molecule has 0 saturated carbocycles. The minimum Gasteiger partial charge on any atom is -0.383 e. The largest absolute Gasteiger partial charge is 0.383 e. The number of ether oxygens (including phenoxy) is 1. The Morgan fingerprint density at radius 3 is 2.50 bits per heavy atom. The van der Waals surface area contributed by atoms with Crippen molar-refractivity contribution in [2.45, 2.75) is 6.92 Å². The van der Waals surface area contributed by atoms with Gasteiger partial charge in [-0.15, -0.1) is 0 Å². The van der Waals surface area contributed by atoms with Gasteiger partial charge in [0.05, 0.1) is 12.3 Å². The maximum absolute atomic E-state index is 11.5. The zero-order chi connectivity index (χ0) is 13.4. The number of aldehydes is 1. The maximum atomic E-state index is 11.5. The van der Waals surface area contributed by atoms with E-state index in [0.717, 1.165) is 5.56 Å². The van der Waals surface area contributed by atoms with Crippen molar-refractivity contribution in [3.8, 4) is 0 Å². The first-order valence-electron chi connectivity index (χ1n) is 5.68. The van der Waals surface area contributed by atoms with Crippen LogP contribution in [0, 0.1) is 0 Å². The average molecular weight is 247 g/mol. The molecule has 1 amide bonds. The second-order valence-electron chi connectivity index (χ2n) is 3.76. The van der Waals surface area contributed by atoms with E-state index in [0.29, 0.717) is 25.1 Å². The number of allylic oxidation sites excluding steroid dienone is 1. The fourth-order valence-corrected chi connectivity index (χ4v) is 1.55. The predicted molar refractivity (Wildman–Crippen MR) is 69.7 cm³/mol. The Kier molecular flexibility index (Phi) is 5.80. The minimum atomic E-state index is -0.179. The molecule has 0 fully saturated rings. The lowest BCUT2D eigenvalue weighted by molar-refractivity contribution is -0.128. The fourth-order valence-electron chi connectivity index (χ4n) is 1.55. The summed E-state index contributed by atoms with van der Waals surface area (Å²) in [7, 11) is 1.56. The Balaban J connectivity index is 2.95. The molecular formula is C14H17NO3. The third kappa shape index (κ3) is 4.14. The second kappa shape index (κ2) is 7.40. The molecule has 0 radical (unpaired) electrons. The Bertz CT molecular complexity index is 426. The number of methoxy groups -OCH3 is 1. The molecule has 0 unspecified atom stereocenters. The van der Waals surface area contributed by atoms with Crippen molar-refractivity contribution in [1.29, 1.82) is 0 Å². The van der Waals surface area contributed by atoms with Gasteiger partial charge in [-0.05, 0) is 11.6 Å². The normalized spacial score (nSPS) is 11.1. The van der Waals surface area contributed by atoms with E-state index >= 15 is 0 Å². The van der Waals surface area contributed by atoms with Gasteiger partial charge in [0.2, 0.25) is 5.91 Å². The highest BCUT2D eigenvalue weighted by Crippen LogP contribution is 2.09. The topological polar surface area (TPSA) is 46.6 Å². The monoisotopic (exact) mass is 247 g/mol. The first-order chi connectivity index (χ1) is 8.69. The minimum absolute atomic E-state index is 0.179. The van der Waals surface area contributed by atoms with Crippen LogP contribution in [0.1, 0.15) is 12.5 Å². The molecule has 0 aliphatic carbocycles. The van der Waals surface area contributed by atoms with Crippen molar-refractivity contribution in [2.75, 3.05) is 20.3 Å². The van der Waals surface area contributed by atoms with Crippen LogP contribution >= 0.6 is 0 Å². The number of carbonyl (C=O) groups excluding carboxylic acids is 2. The van der Waals surface area contributed by atoms with Gasteiger partial charge in [-0.1, -0.05) is 30.3 Å². The second-order valence-corrected chi connectivity index (χ2v) is 3.76. The molecular weight excluding hydrogens is 230 g/mol. The summed E-state index contributed by atoms with van der Waals surface area (Å²) in [6.45, 7) is 2.18. The molecule has 0 atom stereocenters. The number of carbonyl (C=O) groups is 2. The van der Waals surface area contributed by atoms with E-state index in [1.54, 1.807) is 13.2 Å². The summed E-state index contributed by atoms with van der Waals surface area (Å²) in [5, 5.41) is 0. The quantitative estimate of drug-likeness (QED) is 0.568. The van der Waals surface area contributed by atoms with Crippen molar-refractivity contribution in [2.24, 2.45) is 0 Å². The van der Waals surface area contributed by atoms with Gasteiger partial charge in [0.15, 0.2) is 6.29 Å². The van der Waals surface area contributed by atoms with E-state index in [-0.39, 0.29) is 5.91 Å². The summed E-state index contributed by atoms with van der Waals surface area (Å²) in [6, 6.07) is 9.39. The third-order valence-electron chi connectivity index (χ3n) is 2.45. The van der Waals surface area contributed by atoms with E-state index in [1.807, 2.05) is 30.3 Å². The summed E-state index contributed by atoms with van der Waals surface area (Å²) in [4.78, 5) is 24.0. The molecule has 0 aromatic heterocycles. The van der Waals surface area contributed by atoms with E-state index in [2.05, 4.69) is 0 Å². The highest BCUT2D eigenvalue weighted by molar-refractivity contribution is 5.89. The smallest absolute Gasteiger partial charge is 0.224 e. The average Bonchev–Trinajstić information content (AvgIpc) is 2.38. The van der Waals surface area contributed by atoms with Crippen molar-refractivity contribution >= 4 is 18.3 Å². The summed E-state index contributed by atoms with van der Waals surface area (Å²) in [5.74, 6) is -0.179. The highest BCUT2D eigenvalue weighted by Gasteiger charge is 2.13. The number of hydrogen-bond acceptors (Lipinski definition) is 3. The van der Waals surface area contributed by atoms with E-state index in [1.165, 1.54) is 11.8 Å². The van der Waals surface area contributed by atoms with Gasteiger partial charge in [0.25, 0.3) is 0 Å². The van der Waals surface area contributed by atoms with Crippen LogP contribution < -0.4 is 0 Å². The van der Waals surface area contributed by atoms with Crippen LogP contribution in [0.2, 0.25) is 0 Å². The SMILES string of the molecule is COCCN(C(C)=O)C(C=O)=Cc1ccccc1. The zero-order valence-electron chi connectivity index (χ0n) is 10.6. The van der Waals surface area contributed by atoms with Crippen LogP contribution in [0.3, 0.4) is 0 Å². The molecule has 0 aliphatic rings. The Morgan fingerprint density at radius 1 is 1.33 bits per heavy atom. The molecule has 1 aromatic carbocycles. The summed E-state index contributed by atoms with van der Waals surface area (Å²) in [6.07, 6.45) is 2.37. The van der Waals surface area contributed by atoms with Crippen molar-refractivity contribution < 1.29 is 14.3 Å². The van der Waals surface area contributed by atoms with Crippen LogP contribution in [0.15, 0.2) is 36.0 Å². The van der Waals surface area contributed by atoms with Gasteiger partial charge in [0, 0.05) is 20.6 Å². The standard InChI is InChI=1S/C14H17NO3/c1-12(17)15(8-9-18-2)14(11-16)10-13-6-4-3-5-7-13/h3-7,10-11H,8-9H2,1-2H3. The van der Waals surface area contributed by atoms with Gasteiger partial charge in [-0.2, -0.15) is 0 Å². The predicted octanol–water partition coefficient (Wildman–Crippen LogP) is 1.72. The van der Waals surface area contributed by atoms with Gasteiger partial charge < -0.3 is 9.64 Å². The number of hydrogen-bond donors (Lipinski definition) is 0. The van der Waals surface area contributed by atoms with Crippen LogP contribution in [0.4, 0.5) is 0 Å². The summed E-state index contributed by atoms with van der Waals surface area (Å²) in [5.41, 5.74) is 1.22. The highest BCUT2D eigenvalue weighted by atomic mass is 16.5. The fraction of sp³-hybridized carbons (Fsp3) is 0.286. The van der Waals surface area contributed by atoms with E-state index < -0.39 is 0 Å². The van der Waals surface area contributed by atoms with Gasteiger partial charge in [-0.25, -0.2) is 0 Å². The molecule has 0 spiro atoms. The summed E-state index contributed by atoms with van der Waals surface area (Å²) >= 11 is 0. The first-order valence-corrected chi connectivity index (χ1v) is 5.68. The van der Waals surface area contributed by atoms with Crippen molar-refractivity contribution in [1.82, 2.24) is 4.90 Å². The Labute approximate surface area is 107 Å². The van der Waals surface area contributed by atoms with Gasteiger partial charge in [0.1, 0.15) is 0 Å². The maximum Gasteiger partial charge on any atom is 0.224 e. The number of nitrogens with zero attached hydrogens (tertiary/aromatic N) is 1. The van der Waals surface area contributed by atoms with E-state index in [9.17, 15) is 9.59 Å². The zero-order valence-corrected chi connectivity index (χ0v) is 10.6. The van der Waals surface area contributed by atoms with Crippen LogP contribution in [-0.2, 0) is 14.3 Å². The lowest BCUT2D eigenvalue weighted by Crippen LogP contribution is -2.31. The van der Waals surface area contributed by atoms with E-state index in [4.69, 9.17) is 4.74 Å². The molecule has 0 heterocycles. The molecule has 0 saturated heterocycles. The van der Waals surface area contributed by atoms with Crippen molar-refractivity contribution in [3.05, 3.63) is 41.6 Å². The van der Waals surface area contributed by atoms with Crippen LogP contribution in [-0.4, -0.2) is 37.4 Å². The lowest BCUT2D eigenvalue weighted by Gasteiger charge is -2.20. The molecule has 0 aliphatic heterocycles. The number of amides is 1.